The molecule has 0 spiro atoms. The van der Waals surface area contributed by atoms with Crippen molar-refractivity contribution in [2.45, 2.75) is 6.04 Å². The molecule has 2 rings (SSSR count). The summed E-state index contributed by atoms with van der Waals surface area (Å²) in [7, 11) is 3.33. The van der Waals surface area contributed by atoms with E-state index in [1.165, 1.54) is 5.56 Å². The van der Waals surface area contributed by atoms with E-state index in [-0.39, 0.29) is 0 Å². The van der Waals surface area contributed by atoms with E-state index in [0.717, 1.165) is 18.0 Å². The number of methoxy groups -OCH3 is 2. The molecule has 1 aliphatic rings. The van der Waals surface area contributed by atoms with E-state index in [2.05, 4.69) is 5.32 Å². The molecule has 0 radical (unpaired) electrons. The average Bonchev–Trinajstić information content (AvgIpc) is 3.00. The SMILES string of the molecule is COc1cc(OC)cc(C2CN2)c1. The minimum atomic E-state index is 0.490. The van der Waals surface area contributed by atoms with Gasteiger partial charge in [0.25, 0.3) is 0 Å². The fourth-order valence-electron chi connectivity index (χ4n) is 1.33. The van der Waals surface area contributed by atoms with Gasteiger partial charge in [0.2, 0.25) is 0 Å². The summed E-state index contributed by atoms with van der Waals surface area (Å²) in [5.74, 6) is 1.70. The van der Waals surface area contributed by atoms with Crippen molar-refractivity contribution >= 4 is 0 Å². The predicted molar refractivity (Wildman–Crippen MR) is 50.3 cm³/mol. The standard InChI is InChI=1S/C10H13NO2/c1-12-8-3-7(10-6-11-10)4-9(5-8)13-2/h3-5,10-11H,6H2,1-2H3. The van der Waals surface area contributed by atoms with Crippen molar-refractivity contribution in [2.75, 3.05) is 20.8 Å². The van der Waals surface area contributed by atoms with E-state index in [1.807, 2.05) is 18.2 Å². The normalized spacial score (nSPS) is 19.7. The molecule has 1 atom stereocenters. The zero-order valence-corrected chi connectivity index (χ0v) is 7.83. The number of benzene rings is 1. The number of nitrogens with one attached hydrogen (secondary N) is 1. The maximum atomic E-state index is 5.17. The molecule has 1 N–H and O–H groups in total. The molecule has 0 aromatic heterocycles. The van der Waals surface area contributed by atoms with E-state index in [0.29, 0.717) is 6.04 Å². The number of rotatable bonds is 3. The minimum absolute atomic E-state index is 0.490. The first-order valence-corrected chi connectivity index (χ1v) is 4.30. The van der Waals surface area contributed by atoms with Crippen LogP contribution in [-0.2, 0) is 0 Å². The van der Waals surface area contributed by atoms with Crippen LogP contribution in [-0.4, -0.2) is 20.8 Å². The lowest BCUT2D eigenvalue weighted by molar-refractivity contribution is 0.393. The van der Waals surface area contributed by atoms with Crippen LogP contribution in [0.5, 0.6) is 11.5 Å². The second kappa shape index (κ2) is 3.26. The molecule has 1 aromatic rings. The lowest BCUT2D eigenvalue weighted by Gasteiger charge is -2.06. The van der Waals surface area contributed by atoms with E-state index in [9.17, 15) is 0 Å². The quantitative estimate of drug-likeness (QED) is 0.712. The summed E-state index contributed by atoms with van der Waals surface area (Å²) >= 11 is 0. The Morgan fingerprint density at radius 1 is 1.15 bits per heavy atom. The first-order chi connectivity index (χ1) is 6.33. The highest BCUT2D eigenvalue weighted by atomic mass is 16.5. The molecule has 0 saturated carbocycles. The zero-order chi connectivity index (χ0) is 9.26. The van der Waals surface area contributed by atoms with Crippen LogP contribution >= 0.6 is 0 Å². The molecule has 0 aliphatic carbocycles. The lowest BCUT2D eigenvalue weighted by atomic mass is 10.1. The van der Waals surface area contributed by atoms with E-state index < -0.39 is 0 Å². The summed E-state index contributed by atoms with van der Waals surface area (Å²) in [6.07, 6.45) is 0. The van der Waals surface area contributed by atoms with Gasteiger partial charge in [0, 0.05) is 18.7 Å². The molecule has 3 nitrogen and oxygen atoms in total. The number of hydrogen-bond acceptors (Lipinski definition) is 3. The van der Waals surface area contributed by atoms with Gasteiger partial charge < -0.3 is 14.8 Å². The third-order valence-electron chi connectivity index (χ3n) is 2.18. The summed E-state index contributed by atoms with van der Waals surface area (Å²) in [4.78, 5) is 0. The van der Waals surface area contributed by atoms with Crippen LogP contribution in [0.25, 0.3) is 0 Å². The van der Waals surface area contributed by atoms with Gasteiger partial charge in [0.05, 0.1) is 14.2 Å². The highest BCUT2D eigenvalue weighted by Gasteiger charge is 2.23. The largest absolute Gasteiger partial charge is 0.497 e. The molecule has 1 fully saturated rings. The van der Waals surface area contributed by atoms with Gasteiger partial charge >= 0.3 is 0 Å². The van der Waals surface area contributed by atoms with Crippen molar-refractivity contribution in [1.82, 2.24) is 5.32 Å². The van der Waals surface area contributed by atoms with Crippen LogP contribution < -0.4 is 14.8 Å². The van der Waals surface area contributed by atoms with Gasteiger partial charge in [-0.25, -0.2) is 0 Å². The Morgan fingerprint density at radius 2 is 1.69 bits per heavy atom. The minimum Gasteiger partial charge on any atom is -0.497 e. The van der Waals surface area contributed by atoms with Gasteiger partial charge in [-0.3, -0.25) is 0 Å². The van der Waals surface area contributed by atoms with Gasteiger partial charge in [-0.1, -0.05) is 0 Å². The topological polar surface area (TPSA) is 40.4 Å². The van der Waals surface area contributed by atoms with E-state index in [4.69, 9.17) is 9.47 Å². The van der Waals surface area contributed by atoms with Crippen molar-refractivity contribution in [1.29, 1.82) is 0 Å². The summed E-state index contributed by atoms with van der Waals surface area (Å²) in [6.45, 7) is 1.05. The molecule has 0 amide bonds. The fraction of sp³-hybridized carbons (Fsp3) is 0.400. The second-order valence-electron chi connectivity index (χ2n) is 3.11. The van der Waals surface area contributed by atoms with E-state index in [1.54, 1.807) is 14.2 Å². The third kappa shape index (κ3) is 1.75. The van der Waals surface area contributed by atoms with Crippen molar-refractivity contribution in [2.24, 2.45) is 0 Å². The van der Waals surface area contributed by atoms with Crippen LogP contribution in [0.4, 0.5) is 0 Å². The van der Waals surface area contributed by atoms with Crippen LogP contribution in [0.1, 0.15) is 11.6 Å². The Labute approximate surface area is 77.7 Å². The van der Waals surface area contributed by atoms with Crippen LogP contribution in [0.15, 0.2) is 18.2 Å². The van der Waals surface area contributed by atoms with Gasteiger partial charge in [-0.05, 0) is 17.7 Å². The zero-order valence-electron chi connectivity index (χ0n) is 7.83. The molecule has 1 heterocycles. The third-order valence-corrected chi connectivity index (χ3v) is 2.18. The van der Waals surface area contributed by atoms with Crippen LogP contribution in [0, 0.1) is 0 Å². The van der Waals surface area contributed by atoms with Crippen molar-refractivity contribution in [3.63, 3.8) is 0 Å². The summed E-state index contributed by atoms with van der Waals surface area (Å²) in [6, 6.07) is 6.44. The maximum absolute atomic E-state index is 5.17. The summed E-state index contributed by atoms with van der Waals surface area (Å²) in [5, 5.41) is 3.24. The molecule has 13 heavy (non-hydrogen) atoms. The highest BCUT2D eigenvalue weighted by molar-refractivity contribution is 5.41. The van der Waals surface area contributed by atoms with E-state index >= 15 is 0 Å². The van der Waals surface area contributed by atoms with Gasteiger partial charge in [-0.15, -0.1) is 0 Å². The van der Waals surface area contributed by atoms with Gasteiger partial charge in [0.1, 0.15) is 11.5 Å². The monoisotopic (exact) mass is 179 g/mol. The Morgan fingerprint density at radius 3 is 2.08 bits per heavy atom. The summed E-state index contributed by atoms with van der Waals surface area (Å²) < 4.78 is 10.3. The predicted octanol–water partition coefficient (Wildman–Crippen LogP) is 1.35. The molecule has 3 heteroatoms. The molecule has 1 aliphatic heterocycles. The highest BCUT2D eigenvalue weighted by Crippen LogP contribution is 2.29. The second-order valence-corrected chi connectivity index (χ2v) is 3.11. The molecule has 1 saturated heterocycles. The van der Waals surface area contributed by atoms with Crippen LogP contribution in [0.3, 0.4) is 0 Å². The molecular formula is C10H13NO2. The van der Waals surface area contributed by atoms with Crippen molar-refractivity contribution in [3.8, 4) is 11.5 Å². The Kier molecular flexibility index (Phi) is 2.10. The smallest absolute Gasteiger partial charge is 0.122 e. The molecule has 0 bridgehead atoms. The number of hydrogen-bond donors (Lipinski definition) is 1. The first-order valence-electron chi connectivity index (χ1n) is 4.30. The summed E-state index contributed by atoms with van der Waals surface area (Å²) in [5.41, 5.74) is 1.23. The average molecular weight is 179 g/mol. The Balaban J connectivity index is 2.33. The van der Waals surface area contributed by atoms with Gasteiger partial charge in [0.15, 0.2) is 0 Å². The maximum Gasteiger partial charge on any atom is 0.122 e. The van der Waals surface area contributed by atoms with Crippen molar-refractivity contribution in [3.05, 3.63) is 23.8 Å². The molecular weight excluding hydrogens is 166 g/mol. The Hall–Kier alpha value is -1.22. The Bertz CT molecular complexity index is 286. The molecule has 1 unspecified atom stereocenters. The van der Waals surface area contributed by atoms with Gasteiger partial charge in [-0.2, -0.15) is 0 Å². The lowest BCUT2D eigenvalue weighted by Crippen LogP contribution is -1.91. The van der Waals surface area contributed by atoms with Crippen molar-refractivity contribution < 1.29 is 9.47 Å². The molecule has 70 valence electrons. The first kappa shape index (κ1) is 8.38. The molecule has 1 aromatic carbocycles. The van der Waals surface area contributed by atoms with Crippen LogP contribution in [0.2, 0.25) is 0 Å². The number of ether oxygens (including phenoxy) is 2. The fourth-order valence-corrected chi connectivity index (χ4v) is 1.33.